The number of sulfonamides is 1. The minimum atomic E-state index is -4.01. The lowest BCUT2D eigenvalue weighted by Gasteiger charge is -2.29. The van der Waals surface area contributed by atoms with Crippen LogP contribution in [0, 0.1) is 17.5 Å². The van der Waals surface area contributed by atoms with E-state index in [0.29, 0.717) is 12.1 Å². The van der Waals surface area contributed by atoms with Gasteiger partial charge in [-0.2, -0.15) is 4.72 Å². The maximum absolute atomic E-state index is 13.2. The van der Waals surface area contributed by atoms with Crippen LogP contribution in [0.5, 0.6) is 0 Å². The van der Waals surface area contributed by atoms with Crippen molar-refractivity contribution in [3.8, 4) is 0 Å². The Balaban J connectivity index is 1.90. The van der Waals surface area contributed by atoms with E-state index < -0.39 is 45.7 Å². The molecule has 2 unspecified atom stereocenters. The number of carbonyl (C=O) groups excluding carboxylic acids is 1. The van der Waals surface area contributed by atoms with Crippen LogP contribution >= 0.6 is 0 Å². The number of hydrogen-bond donors (Lipinski definition) is 4. The van der Waals surface area contributed by atoms with Crippen LogP contribution in [0.25, 0.3) is 0 Å². The van der Waals surface area contributed by atoms with Gasteiger partial charge in [-0.05, 0) is 25.1 Å². The molecule has 0 aliphatic carbocycles. The molecule has 0 saturated carbocycles. The molecule has 27 heavy (non-hydrogen) atoms. The van der Waals surface area contributed by atoms with Gasteiger partial charge in [0.2, 0.25) is 10.0 Å². The standard InChI is InChI=1S/C16H14F3N3O4S/c1-7(23)15-21-12-3-2-8(4-13(12)27(25,26)22-15)16(24)20-9-5-10(17)14(19)11(18)6-9/h2-7,15,21-23H,1H3,(H,20,24). The SMILES string of the molecule is CC(O)C1Nc2ccc(C(=O)Nc3cc(F)c(F)c(F)c3)cc2S(=O)(=O)N1. The maximum Gasteiger partial charge on any atom is 0.255 e. The van der Waals surface area contributed by atoms with Crippen molar-refractivity contribution in [2.75, 3.05) is 10.6 Å². The number of nitrogens with one attached hydrogen (secondary N) is 3. The van der Waals surface area contributed by atoms with Gasteiger partial charge in [0.1, 0.15) is 11.1 Å². The van der Waals surface area contributed by atoms with Crippen LogP contribution in [0.15, 0.2) is 35.2 Å². The first-order valence-corrected chi connectivity index (χ1v) is 9.13. The summed E-state index contributed by atoms with van der Waals surface area (Å²) in [6.07, 6.45) is -1.95. The summed E-state index contributed by atoms with van der Waals surface area (Å²) >= 11 is 0. The van der Waals surface area contributed by atoms with Gasteiger partial charge in [-0.25, -0.2) is 21.6 Å². The summed E-state index contributed by atoms with van der Waals surface area (Å²) in [5, 5.41) is 14.5. The molecule has 0 bridgehead atoms. The van der Waals surface area contributed by atoms with Crippen molar-refractivity contribution in [2.24, 2.45) is 0 Å². The van der Waals surface area contributed by atoms with E-state index in [2.05, 4.69) is 15.4 Å². The first kappa shape index (κ1) is 19.1. The number of carbonyl (C=O) groups is 1. The largest absolute Gasteiger partial charge is 0.390 e. The van der Waals surface area contributed by atoms with Gasteiger partial charge >= 0.3 is 0 Å². The first-order chi connectivity index (χ1) is 12.6. The quantitative estimate of drug-likeness (QED) is 0.587. The lowest BCUT2D eigenvalue weighted by molar-refractivity contribution is 0.102. The summed E-state index contributed by atoms with van der Waals surface area (Å²) in [7, 11) is -4.01. The Hall–Kier alpha value is -2.63. The Morgan fingerprint density at radius 3 is 2.41 bits per heavy atom. The molecule has 1 amide bonds. The average Bonchev–Trinajstić information content (AvgIpc) is 2.58. The van der Waals surface area contributed by atoms with Crippen LogP contribution in [0.1, 0.15) is 17.3 Å². The summed E-state index contributed by atoms with van der Waals surface area (Å²) in [4.78, 5) is 12.0. The van der Waals surface area contributed by atoms with E-state index in [0.717, 1.165) is 6.07 Å². The number of halogens is 3. The number of aliphatic hydroxyl groups excluding tert-OH is 1. The molecule has 1 aliphatic heterocycles. The van der Waals surface area contributed by atoms with E-state index in [1.807, 2.05) is 0 Å². The zero-order valence-electron chi connectivity index (χ0n) is 13.8. The molecule has 0 radical (unpaired) electrons. The molecule has 2 atom stereocenters. The lowest BCUT2D eigenvalue weighted by Crippen LogP contribution is -2.50. The van der Waals surface area contributed by atoms with Crippen LogP contribution in [0.3, 0.4) is 0 Å². The van der Waals surface area contributed by atoms with E-state index in [4.69, 9.17) is 0 Å². The monoisotopic (exact) mass is 401 g/mol. The predicted octanol–water partition coefficient (Wildman–Crippen LogP) is 1.77. The molecule has 2 aromatic rings. The first-order valence-electron chi connectivity index (χ1n) is 7.65. The zero-order chi connectivity index (χ0) is 19.9. The Bertz CT molecular complexity index is 1000. The molecule has 2 aromatic carbocycles. The Labute approximate surface area is 152 Å². The van der Waals surface area contributed by atoms with Gasteiger partial charge < -0.3 is 15.7 Å². The normalized spacial score (nSPS) is 18.9. The molecule has 11 heteroatoms. The highest BCUT2D eigenvalue weighted by Crippen LogP contribution is 2.28. The number of anilines is 2. The number of rotatable bonds is 3. The highest BCUT2D eigenvalue weighted by Gasteiger charge is 2.32. The zero-order valence-corrected chi connectivity index (χ0v) is 14.6. The van der Waals surface area contributed by atoms with Crippen molar-refractivity contribution < 1.29 is 31.5 Å². The van der Waals surface area contributed by atoms with Crippen LogP contribution in [-0.4, -0.2) is 31.7 Å². The van der Waals surface area contributed by atoms with Gasteiger partial charge in [0, 0.05) is 23.4 Å². The van der Waals surface area contributed by atoms with Crippen LogP contribution in [0.4, 0.5) is 24.5 Å². The van der Waals surface area contributed by atoms with Crippen molar-refractivity contribution in [1.29, 1.82) is 0 Å². The molecule has 1 heterocycles. The molecule has 3 rings (SSSR count). The molecule has 144 valence electrons. The Morgan fingerprint density at radius 1 is 1.19 bits per heavy atom. The lowest BCUT2D eigenvalue weighted by atomic mass is 10.1. The fourth-order valence-corrected chi connectivity index (χ4v) is 3.90. The highest BCUT2D eigenvalue weighted by atomic mass is 32.2. The van der Waals surface area contributed by atoms with Crippen molar-refractivity contribution >= 4 is 27.3 Å². The minimum Gasteiger partial charge on any atom is -0.390 e. The van der Waals surface area contributed by atoms with E-state index in [1.165, 1.54) is 19.1 Å². The third-order valence-electron chi connectivity index (χ3n) is 3.85. The van der Waals surface area contributed by atoms with Crippen molar-refractivity contribution in [3.05, 3.63) is 53.3 Å². The van der Waals surface area contributed by atoms with Gasteiger partial charge in [0.15, 0.2) is 17.5 Å². The van der Waals surface area contributed by atoms with Crippen LogP contribution in [0.2, 0.25) is 0 Å². The summed E-state index contributed by atoms with van der Waals surface area (Å²) in [6, 6.07) is 4.87. The van der Waals surface area contributed by atoms with Crippen LogP contribution < -0.4 is 15.4 Å². The summed E-state index contributed by atoms with van der Waals surface area (Å²) in [5.74, 6) is -5.47. The molecule has 0 saturated heterocycles. The maximum atomic E-state index is 13.2. The minimum absolute atomic E-state index is 0.110. The second kappa shape index (κ2) is 6.83. The third kappa shape index (κ3) is 3.75. The Kier molecular flexibility index (Phi) is 4.84. The number of amides is 1. The summed E-state index contributed by atoms with van der Waals surface area (Å²) in [6.45, 7) is 1.40. The number of fused-ring (bicyclic) bond motifs is 1. The predicted molar refractivity (Wildman–Crippen MR) is 90.1 cm³/mol. The van der Waals surface area contributed by atoms with E-state index in [9.17, 15) is 31.5 Å². The van der Waals surface area contributed by atoms with Gasteiger partial charge in [0.05, 0.1) is 11.8 Å². The topological polar surface area (TPSA) is 108 Å². The summed E-state index contributed by atoms with van der Waals surface area (Å²) in [5.41, 5.74) is -0.265. The van der Waals surface area contributed by atoms with E-state index >= 15 is 0 Å². The second-order valence-electron chi connectivity index (χ2n) is 5.90. The molecular weight excluding hydrogens is 387 g/mol. The molecule has 1 aliphatic rings. The molecule has 0 fully saturated rings. The van der Waals surface area contributed by atoms with Crippen LogP contribution in [-0.2, 0) is 10.0 Å². The third-order valence-corrected chi connectivity index (χ3v) is 5.33. The van der Waals surface area contributed by atoms with E-state index in [1.54, 1.807) is 0 Å². The number of hydrogen-bond acceptors (Lipinski definition) is 5. The van der Waals surface area contributed by atoms with Crippen molar-refractivity contribution in [1.82, 2.24) is 4.72 Å². The van der Waals surface area contributed by atoms with Gasteiger partial charge in [0.25, 0.3) is 5.91 Å². The van der Waals surface area contributed by atoms with Crippen molar-refractivity contribution in [2.45, 2.75) is 24.1 Å². The molecule has 0 aromatic heterocycles. The van der Waals surface area contributed by atoms with Gasteiger partial charge in [-0.15, -0.1) is 0 Å². The molecule has 7 nitrogen and oxygen atoms in total. The fraction of sp³-hybridized carbons (Fsp3) is 0.188. The fourth-order valence-electron chi connectivity index (χ4n) is 2.48. The second-order valence-corrected chi connectivity index (χ2v) is 7.59. The molecule has 0 spiro atoms. The average molecular weight is 401 g/mol. The highest BCUT2D eigenvalue weighted by molar-refractivity contribution is 7.89. The van der Waals surface area contributed by atoms with Gasteiger partial charge in [-0.1, -0.05) is 0 Å². The smallest absolute Gasteiger partial charge is 0.255 e. The van der Waals surface area contributed by atoms with Gasteiger partial charge in [-0.3, -0.25) is 4.79 Å². The van der Waals surface area contributed by atoms with E-state index in [-0.39, 0.29) is 21.8 Å². The number of benzene rings is 2. The number of aliphatic hydroxyl groups is 1. The Morgan fingerprint density at radius 2 is 1.81 bits per heavy atom. The van der Waals surface area contributed by atoms with Crippen molar-refractivity contribution in [3.63, 3.8) is 0 Å². The summed E-state index contributed by atoms with van der Waals surface area (Å²) < 4.78 is 66.3. The molecular formula is C16H14F3N3O4S. The molecule has 4 N–H and O–H groups in total.